The van der Waals surface area contributed by atoms with Gasteiger partial charge < -0.3 is 10.0 Å². The van der Waals surface area contributed by atoms with Crippen LogP contribution in [0.25, 0.3) is 0 Å². The quantitative estimate of drug-likeness (QED) is 0.852. The van der Waals surface area contributed by atoms with Gasteiger partial charge in [-0.25, -0.2) is 4.79 Å². The number of nitrogens with zero attached hydrogens (tertiary/aromatic N) is 2. The van der Waals surface area contributed by atoms with Crippen molar-refractivity contribution in [2.24, 2.45) is 0 Å². The molecular weight excluding hydrogens is 285 g/mol. The average Bonchev–Trinajstić information content (AvgIpc) is 2.45. The summed E-state index contributed by atoms with van der Waals surface area (Å²) in [6.07, 6.45) is -3.39. The van der Waals surface area contributed by atoms with Crippen LogP contribution in [-0.4, -0.2) is 30.3 Å². The van der Waals surface area contributed by atoms with Gasteiger partial charge in [0.2, 0.25) is 0 Å². The molecule has 2 rings (SSSR count). The van der Waals surface area contributed by atoms with Gasteiger partial charge in [0.25, 0.3) is 0 Å². The summed E-state index contributed by atoms with van der Waals surface area (Å²) in [6.45, 7) is 0.169. The monoisotopic (exact) mass is 296 g/mol. The molecule has 110 valence electrons. The molecule has 21 heavy (non-hydrogen) atoms. The second-order valence-electron chi connectivity index (χ2n) is 4.57. The molecule has 0 radical (unpaired) electrons. The second kappa shape index (κ2) is 5.48. The number of benzene rings is 1. The highest BCUT2D eigenvalue weighted by molar-refractivity contribution is 5.89. The molecule has 0 unspecified atom stereocenters. The fourth-order valence-corrected chi connectivity index (χ4v) is 2.18. The van der Waals surface area contributed by atoms with E-state index in [1.807, 2.05) is 6.07 Å². The van der Waals surface area contributed by atoms with Crippen molar-refractivity contribution in [1.82, 2.24) is 0 Å². The van der Waals surface area contributed by atoms with Crippen molar-refractivity contribution in [2.45, 2.75) is 12.6 Å². The minimum atomic E-state index is -4.32. The van der Waals surface area contributed by atoms with Crippen LogP contribution < -0.4 is 4.90 Å². The Hall–Kier alpha value is -2.49. The van der Waals surface area contributed by atoms with Gasteiger partial charge in [0.15, 0.2) is 0 Å². The van der Waals surface area contributed by atoms with Crippen LogP contribution in [0.1, 0.15) is 22.3 Å². The number of carbonyl (C=O) groups is 1. The summed E-state index contributed by atoms with van der Waals surface area (Å²) >= 11 is 0. The second-order valence-corrected chi connectivity index (χ2v) is 4.57. The van der Waals surface area contributed by atoms with Crippen LogP contribution in [0.3, 0.4) is 0 Å². The minimum Gasteiger partial charge on any atom is -0.478 e. The molecular formula is C14H11F3N2O2. The molecule has 1 aliphatic heterocycles. The molecule has 0 saturated heterocycles. The summed E-state index contributed by atoms with van der Waals surface area (Å²) in [4.78, 5) is 12.5. The third-order valence-electron chi connectivity index (χ3n) is 3.28. The lowest BCUT2D eigenvalue weighted by molar-refractivity contribution is -0.0944. The predicted molar refractivity (Wildman–Crippen MR) is 69.1 cm³/mol. The van der Waals surface area contributed by atoms with Crippen molar-refractivity contribution >= 4 is 11.7 Å². The standard InChI is InChI=1S/C14H11F3N2O2/c15-14(16,17)11-3-5-19(6-4-11)12-2-1-9(13(20)21)7-10(12)8-18/h1-3,7H,4-6H2,(H,20,21). The SMILES string of the molecule is N#Cc1cc(C(=O)O)ccc1N1CC=C(C(F)(F)F)CC1. The van der Waals surface area contributed by atoms with Crippen LogP contribution in [-0.2, 0) is 0 Å². The first-order chi connectivity index (χ1) is 9.82. The first-order valence-corrected chi connectivity index (χ1v) is 6.11. The minimum absolute atomic E-state index is 0.0289. The number of aromatic carboxylic acids is 1. The first kappa shape index (κ1) is 14.9. The van der Waals surface area contributed by atoms with Gasteiger partial charge in [-0.15, -0.1) is 0 Å². The van der Waals surface area contributed by atoms with Gasteiger partial charge in [-0.05, 0) is 24.6 Å². The van der Waals surface area contributed by atoms with E-state index in [4.69, 9.17) is 10.4 Å². The number of anilines is 1. The molecule has 1 heterocycles. The zero-order valence-electron chi connectivity index (χ0n) is 10.8. The summed E-state index contributed by atoms with van der Waals surface area (Å²) in [5, 5.41) is 17.9. The number of alkyl halides is 3. The van der Waals surface area contributed by atoms with E-state index in [2.05, 4.69) is 0 Å². The molecule has 1 N–H and O–H groups in total. The molecule has 0 aliphatic carbocycles. The van der Waals surface area contributed by atoms with Crippen molar-refractivity contribution in [3.05, 3.63) is 41.0 Å². The van der Waals surface area contributed by atoms with Crippen molar-refractivity contribution in [2.75, 3.05) is 18.0 Å². The summed E-state index contributed by atoms with van der Waals surface area (Å²) < 4.78 is 37.7. The number of rotatable bonds is 2. The lowest BCUT2D eigenvalue weighted by atomic mass is 10.0. The molecule has 0 atom stereocenters. The topological polar surface area (TPSA) is 64.3 Å². The van der Waals surface area contributed by atoms with E-state index in [0.717, 1.165) is 6.08 Å². The van der Waals surface area contributed by atoms with E-state index in [0.29, 0.717) is 5.69 Å². The normalized spacial score (nSPS) is 15.3. The van der Waals surface area contributed by atoms with Crippen LogP contribution in [0.4, 0.5) is 18.9 Å². The summed E-state index contributed by atoms with van der Waals surface area (Å²) in [5.74, 6) is -1.16. The summed E-state index contributed by atoms with van der Waals surface area (Å²) in [5.41, 5.74) is -0.0167. The third kappa shape index (κ3) is 3.16. The molecule has 0 spiro atoms. The van der Waals surface area contributed by atoms with Gasteiger partial charge in [-0.3, -0.25) is 0 Å². The highest BCUT2D eigenvalue weighted by Crippen LogP contribution is 2.32. The highest BCUT2D eigenvalue weighted by Gasteiger charge is 2.35. The Kier molecular flexibility index (Phi) is 3.89. The number of carboxylic acid groups (broad SMARTS) is 1. The smallest absolute Gasteiger partial charge is 0.412 e. The Labute approximate surface area is 118 Å². The first-order valence-electron chi connectivity index (χ1n) is 6.11. The van der Waals surface area contributed by atoms with Crippen molar-refractivity contribution in [3.63, 3.8) is 0 Å². The van der Waals surface area contributed by atoms with Gasteiger partial charge in [0.05, 0.1) is 16.8 Å². The Morgan fingerprint density at radius 1 is 1.38 bits per heavy atom. The van der Waals surface area contributed by atoms with Crippen molar-refractivity contribution < 1.29 is 23.1 Å². The third-order valence-corrected chi connectivity index (χ3v) is 3.28. The van der Waals surface area contributed by atoms with E-state index < -0.39 is 17.7 Å². The van der Waals surface area contributed by atoms with Gasteiger partial charge in [0.1, 0.15) is 6.07 Å². The fourth-order valence-electron chi connectivity index (χ4n) is 2.18. The summed E-state index contributed by atoms with van der Waals surface area (Å²) in [6, 6.07) is 5.89. The fraction of sp³-hybridized carbons (Fsp3) is 0.286. The van der Waals surface area contributed by atoms with E-state index in [1.54, 1.807) is 4.90 Å². The molecule has 0 aromatic heterocycles. The van der Waals surface area contributed by atoms with E-state index in [1.165, 1.54) is 18.2 Å². The number of nitriles is 1. The lowest BCUT2D eigenvalue weighted by Gasteiger charge is -2.29. The van der Waals surface area contributed by atoms with Crippen molar-refractivity contribution in [1.29, 1.82) is 5.26 Å². The molecule has 0 saturated carbocycles. The summed E-state index contributed by atoms with van der Waals surface area (Å²) in [7, 11) is 0. The molecule has 0 bridgehead atoms. The number of hydrogen-bond donors (Lipinski definition) is 1. The highest BCUT2D eigenvalue weighted by atomic mass is 19.4. The predicted octanol–water partition coefficient (Wildman–Crippen LogP) is 2.96. The van der Waals surface area contributed by atoms with Crippen LogP contribution in [0, 0.1) is 11.3 Å². The number of hydrogen-bond acceptors (Lipinski definition) is 3. The largest absolute Gasteiger partial charge is 0.478 e. The maximum atomic E-state index is 12.6. The van der Waals surface area contributed by atoms with Gasteiger partial charge in [-0.2, -0.15) is 18.4 Å². The lowest BCUT2D eigenvalue weighted by Crippen LogP contribution is -2.32. The zero-order chi connectivity index (χ0) is 15.6. The van der Waals surface area contributed by atoms with E-state index in [-0.39, 0.29) is 30.6 Å². The van der Waals surface area contributed by atoms with Crippen molar-refractivity contribution in [3.8, 4) is 6.07 Å². The zero-order valence-corrected chi connectivity index (χ0v) is 10.8. The Morgan fingerprint density at radius 3 is 2.57 bits per heavy atom. The molecule has 0 fully saturated rings. The maximum absolute atomic E-state index is 12.6. The Balaban J connectivity index is 2.27. The van der Waals surface area contributed by atoms with E-state index >= 15 is 0 Å². The van der Waals surface area contributed by atoms with Gasteiger partial charge >= 0.3 is 12.1 Å². The molecule has 0 amide bonds. The molecule has 4 nitrogen and oxygen atoms in total. The van der Waals surface area contributed by atoms with Gasteiger partial charge in [-0.1, -0.05) is 6.08 Å². The van der Waals surface area contributed by atoms with Crippen LogP contribution in [0.15, 0.2) is 29.8 Å². The maximum Gasteiger partial charge on any atom is 0.412 e. The van der Waals surface area contributed by atoms with Crippen LogP contribution in [0.5, 0.6) is 0 Å². The molecule has 1 aliphatic rings. The number of carboxylic acids is 1. The molecule has 1 aromatic rings. The number of halogens is 3. The Bertz CT molecular complexity index is 645. The van der Waals surface area contributed by atoms with Crippen LogP contribution >= 0.6 is 0 Å². The molecule has 1 aromatic carbocycles. The van der Waals surface area contributed by atoms with E-state index in [9.17, 15) is 18.0 Å². The average molecular weight is 296 g/mol. The van der Waals surface area contributed by atoms with Crippen LogP contribution in [0.2, 0.25) is 0 Å². The Morgan fingerprint density at radius 2 is 2.10 bits per heavy atom. The van der Waals surface area contributed by atoms with Gasteiger partial charge in [0, 0.05) is 18.7 Å². The molecule has 7 heteroatoms.